The second-order valence-electron chi connectivity index (χ2n) is 6.41. The molecule has 0 fully saturated rings. The summed E-state index contributed by atoms with van der Waals surface area (Å²) in [4.78, 5) is 21.3. The summed E-state index contributed by atoms with van der Waals surface area (Å²) in [5.41, 5.74) is 0. The van der Waals surface area contributed by atoms with Crippen LogP contribution in [0, 0.1) is 0 Å². The molecule has 0 bridgehead atoms. The van der Waals surface area contributed by atoms with Gasteiger partial charge in [-0.2, -0.15) is 0 Å². The van der Waals surface area contributed by atoms with Crippen LogP contribution in [0.1, 0.15) is 103 Å². The van der Waals surface area contributed by atoms with Crippen molar-refractivity contribution in [2.45, 2.75) is 103 Å². The van der Waals surface area contributed by atoms with Crippen LogP contribution in [0.5, 0.6) is 0 Å². The first-order chi connectivity index (χ1) is 11.7. The van der Waals surface area contributed by atoms with E-state index in [2.05, 4.69) is 6.92 Å². The SMILES string of the molecule is CCCCCCCCCCCCCC/C=C/OC(=O)CCC(=O)[O-].[Mg+2]. The maximum atomic E-state index is 11.1. The second-order valence-corrected chi connectivity index (χ2v) is 6.41. The van der Waals surface area contributed by atoms with Gasteiger partial charge in [-0.1, -0.05) is 77.6 Å². The van der Waals surface area contributed by atoms with E-state index in [9.17, 15) is 14.7 Å². The molecule has 0 aromatic heterocycles. The van der Waals surface area contributed by atoms with E-state index in [-0.39, 0.29) is 35.9 Å². The summed E-state index contributed by atoms with van der Waals surface area (Å²) in [6, 6.07) is 0. The maximum Gasteiger partial charge on any atom is 2.00 e. The number of allylic oxidation sites excluding steroid dienone is 1. The minimum Gasteiger partial charge on any atom is -0.550 e. The number of ether oxygens (including phenoxy) is 1. The Hall–Kier alpha value is -0.554. The predicted molar refractivity (Wildman–Crippen MR) is 101 cm³/mol. The molecule has 25 heavy (non-hydrogen) atoms. The molecule has 0 radical (unpaired) electrons. The zero-order valence-electron chi connectivity index (χ0n) is 16.1. The first-order valence-corrected chi connectivity index (χ1v) is 9.71. The van der Waals surface area contributed by atoms with Crippen LogP contribution < -0.4 is 5.11 Å². The number of carbonyl (C=O) groups is 2. The molecule has 140 valence electrons. The third-order valence-electron chi connectivity index (χ3n) is 4.05. The Morgan fingerprint density at radius 1 is 0.800 bits per heavy atom. The Balaban J connectivity index is 0. The first kappa shape index (κ1) is 26.7. The van der Waals surface area contributed by atoms with Gasteiger partial charge < -0.3 is 14.6 Å². The fourth-order valence-electron chi connectivity index (χ4n) is 2.56. The topological polar surface area (TPSA) is 66.4 Å². The van der Waals surface area contributed by atoms with E-state index < -0.39 is 11.9 Å². The molecular weight excluding hydrogens is 329 g/mol. The van der Waals surface area contributed by atoms with Gasteiger partial charge in [0.25, 0.3) is 0 Å². The van der Waals surface area contributed by atoms with Crippen molar-refractivity contribution >= 4 is 35.0 Å². The van der Waals surface area contributed by atoms with Crippen LogP contribution in [0.3, 0.4) is 0 Å². The standard InChI is InChI=1S/C20H36O4.Mg/c1-2-3-4-5-6-7-8-9-10-11-12-13-14-15-18-24-20(23)17-16-19(21)22;/h15,18H,2-14,16-17H2,1H3,(H,21,22);/q;+2/p-1/b18-15+;. The summed E-state index contributed by atoms with van der Waals surface area (Å²) in [5.74, 6) is -1.75. The number of esters is 1. The Morgan fingerprint density at radius 2 is 1.28 bits per heavy atom. The molecule has 0 aromatic carbocycles. The van der Waals surface area contributed by atoms with Gasteiger partial charge in [-0.15, -0.1) is 0 Å². The van der Waals surface area contributed by atoms with Gasteiger partial charge in [0, 0.05) is 5.97 Å². The van der Waals surface area contributed by atoms with E-state index in [0.29, 0.717) is 0 Å². The first-order valence-electron chi connectivity index (χ1n) is 9.71. The van der Waals surface area contributed by atoms with E-state index in [1.54, 1.807) is 0 Å². The van der Waals surface area contributed by atoms with E-state index in [1.165, 1.54) is 76.9 Å². The number of carboxylic acids is 1. The molecule has 0 N–H and O–H groups in total. The molecular formula is C20H35MgO4+. The number of carbonyl (C=O) groups excluding carboxylic acids is 2. The van der Waals surface area contributed by atoms with Crippen molar-refractivity contribution in [1.29, 1.82) is 0 Å². The minimum absolute atomic E-state index is 0. The van der Waals surface area contributed by atoms with E-state index in [4.69, 9.17) is 4.74 Å². The number of carboxylic acid groups (broad SMARTS) is 1. The van der Waals surface area contributed by atoms with Gasteiger partial charge in [0.05, 0.1) is 12.7 Å². The molecule has 0 rings (SSSR count). The number of aliphatic carboxylic acids is 1. The van der Waals surface area contributed by atoms with Crippen molar-refractivity contribution in [2.24, 2.45) is 0 Å². The molecule has 0 aromatic rings. The van der Waals surface area contributed by atoms with Gasteiger partial charge in [-0.3, -0.25) is 4.79 Å². The molecule has 0 amide bonds. The van der Waals surface area contributed by atoms with Gasteiger partial charge in [0.15, 0.2) is 0 Å². The second kappa shape index (κ2) is 21.5. The number of unbranched alkanes of at least 4 members (excludes halogenated alkanes) is 12. The monoisotopic (exact) mass is 363 g/mol. The summed E-state index contributed by atoms with van der Waals surface area (Å²) in [5, 5.41) is 10.2. The molecule has 5 heteroatoms. The molecule has 0 aliphatic carbocycles. The van der Waals surface area contributed by atoms with Crippen molar-refractivity contribution in [2.75, 3.05) is 0 Å². The summed E-state index contributed by atoms with van der Waals surface area (Å²) in [6.45, 7) is 2.25. The predicted octanol–water partition coefficient (Wildman–Crippen LogP) is 4.28. The molecule has 0 atom stereocenters. The third-order valence-corrected chi connectivity index (χ3v) is 4.05. The zero-order valence-corrected chi connectivity index (χ0v) is 17.5. The van der Waals surface area contributed by atoms with E-state index in [1.807, 2.05) is 6.08 Å². The van der Waals surface area contributed by atoms with Gasteiger partial charge >= 0.3 is 29.0 Å². The largest absolute Gasteiger partial charge is 2.00 e. The van der Waals surface area contributed by atoms with Gasteiger partial charge in [-0.05, 0) is 25.3 Å². The fourth-order valence-corrected chi connectivity index (χ4v) is 2.56. The van der Waals surface area contributed by atoms with Crippen LogP contribution in [-0.2, 0) is 14.3 Å². The summed E-state index contributed by atoms with van der Waals surface area (Å²) < 4.78 is 4.79. The van der Waals surface area contributed by atoms with Crippen LogP contribution in [0.2, 0.25) is 0 Å². The normalized spacial score (nSPS) is 10.6. The van der Waals surface area contributed by atoms with Crippen LogP contribution in [-0.4, -0.2) is 35.0 Å². The van der Waals surface area contributed by atoms with Crippen molar-refractivity contribution in [3.8, 4) is 0 Å². The molecule has 0 heterocycles. The van der Waals surface area contributed by atoms with E-state index >= 15 is 0 Å². The molecule has 0 unspecified atom stereocenters. The van der Waals surface area contributed by atoms with Crippen molar-refractivity contribution in [3.05, 3.63) is 12.3 Å². The van der Waals surface area contributed by atoms with Crippen LogP contribution in [0.25, 0.3) is 0 Å². The molecule has 0 spiro atoms. The van der Waals surface area contributed by atoms with Crippen LogP contribution in [0.4, 0.5) is 0 Å². The van der Waals surface area contributed by atoms with Gasteiger partial charge in [0.1, 0.15) is 0 Å². The fraction of sp³-hybridized carbons (Fsp3) is 0.800. The molecule has 0 saturated heterocycles. The van der Waals surface area contributed by atoms with Crippen LogP contribution >= 0.6 is 0 Å². The molecule has 0 aliphatic heterocycles. The smallest absolute Gasteiger partial charge is 0.550 e. The average molecular weight is 364 g/mol. The average Bonchev–Trinajstić information content (AvgIpc) is 2.56. The van der Waals surface area contributed by atoms with Gasteiger partial charge in [0.2, 0.25) is 0 Å². The van der Waals surface area contributed by atoms with Crippen molar-refractivity contribution < 1.29 is 19.4 Å². The maximum absolute atomic E-state index is 11.1. The van der Waals surface area contributed by atoms with Crippen molar-refractivity contribution in [1.82, 2.24) is 0 Å². The quantitative estimate of drug-likeness (QED) is 0.167. The Bertz CT molecular complexity index is 343. The molecule has 4 nitrogen and oxygen atoms in total. The molecule has 0 aliphatic rings. The van der Waals surface area contributed by atoms with Crippen LogP contribution in [0.15, 0.2) is 12.3 Å². The summed E-state index contributed by atoms with van der Waals surface area (Å²) in [7, 11) is 0. The van der Waals surface area contributed by atoms with E-state index in [0.717, 1.165) is 12.8 Å². The third kappa shape index (κ3) is 23.4. The minimum atomic E-state index is -1.23. The molecule has 0 saturated carbocycles. The number of hydrogen-bond donors (Lipinski definition) is 0. The van der Waals surface area contributed by atoms with Crippen molar-refractivity contribution in [3.63, 3.8) is 0 Å². The Labute approximate surface area is 169 Å². The van der Waals surface area contributed by atoms with Gasteiger partial charge in [-0.25, -0.2) is 0 Å². The Kier molecular flexibility index (Phi) is 22.9. The number of hydrogen-bond acceptors (Lipinski definition) is 4. The summed E-state index contributed by atoms with van der Waals surface area (Å²) >= 11 is 0. The zero-order chi connectivity index (χ0) is 17.9. The summed E-state index contributed by atoms with van der Waals surface area (Å²) in [6.07, 6.45) is 19.6. The Morgan fingerprint density at radius 3 is 1.76 bits per heavy atom. The number of rotatable bonds is 17.